The molecule has 0 aliphatic heterocycles. The highest BCUT2D eigenvalue weighted by molar-refractivity contribution is 7.92. The SMILES string of the molecule is CN(c1ccc(CC(=O)NCCc2ccccc2)cc1)S(=O)(=O)c1ccc(Cl)cc1. The molecule has 0 aliphatic carbocycles. The number of carbonyl (C=O) groups is 1. The first-order chi connectivity index (χ1) is 14.4. The van der Waals surface area contributed by atoms with Crippen LogP contribution < -0.4 is 9.62 Å². The van der Waals surface area contributed by atoms with Gasteiger partial charge >= 0.3 is 0 Å². The van der Waals surface area contributed by atoms with Gasteiger partial charge in [0.1, 0.15) is 0 Å². The molecule has 3 aromatic carbocycles. The number of rotatable bonds is 8. The second kappa shape index (κ2) is 9.78. The first-order valence-corrected chi connectivity index (χ1v) is 11.3. The van der Waals surface area contributed by atoms with E-state index < -0.39 is 10.0 Å². The van der Waals surface area contributed by atoms with Crippen LogP contribution in [0.25, 0.3) is 0 Å². The third-order valence-corrected chi connectivity index (χ3v) is 6.77. The van der Waals surface area contributed by atoms with Crippen LogP contribution in [0.2, 0.25) is 5.02 Å². The zero-order valence-electron chi connectivity index (χ0n) is 16.6. The molecule has 30 heavy (non-hydrogen) atoms. The molecule has 1 N–H and O–H groups in total. The van der Waals surface area contributed by atoms with Gasteiger partial charge in [0.05, 0.1) is 17.0 Å². The van der Waals surface area contributed by atoms with Crippen molar-refractivity contribution < 1.29 is 13.2 Å². The molecule has 156 valence electrons. The monoisotopic (exact) mass is 442 g/mol. The molecule has 5 nitrogen and oxygen atoms in total. The highest BCUT2D eigenvalue weighted by atomic mass is 35.5. The highest BCUT2D eigenvalue weighted by Crippen LogP contribution is 2.23. The van der Waals surface area contributed by atoms with Gasteiger partial charge < -0.3 is 5.32 Å². The van der Waals surface area contributed by atoms with E-state index in [4.69, 9.17) is 11.6 Å². The summed E-state index contributed by atoms with van der Waals surface area (Å²) in [5.41, 5.74) is 2.50. The number of hydrogen-bond acceptors (Lipinski definition) is 3. The van der Waals surface area contributed by atoms with Crippen molar-refractivity contribution in [3.8, 4) is 0 Å². The van der Waals surface area contributed by atoms with Crippen LogP contribution in [0.1, 0.15) is 11.1 Å². The Morgan fingerprint density at radius 2 is 1.53 bits per heavy atom. The highest BCUT2D eigenvalue weighted by Gasteiger charge is 2.21. The van der Waals surface area contributed by atoms with Gasteiger partial charge in [-0.25, -0.2) is 8.42 Å². The molecule has 1 amide bonds. The summed E-state index contributed by atoms with van der Waals surface area (Å²) in [5.74, 6) is -0.0687. The number of sulfonamides is 1. The maximum atomic E-state index is 12.8. The van der Waals surface area contributed by atoms with Crippen molar-refractivity contribution in [2.24, 2.45) is 0 Å². The minimum atomic E-state index is -3.69. The lowest BCUT2D eigenvalue weighted by Gasteiger charge is -2.20. The topological polar surface area (TPSA) is 66.5 Å². The number of hydrogen-bond donors (Lipinski definition) is 1. The first-order valence-electron chi connectivity index (χ1n) is 9.50. The van der Waals surface area contributed by atoms with Crippen molar-refractivity contribution in [3.05, 3.63) is 95.0 Å². The van der Waals surface area contributed by atoms with Gasteiger partial charge in [-0.2, -0.15) is 0 Å². The molecule has 0 bridgehead atoms. The predicted molar refractivity (Wildman–Crippen MR) is 120 cm³/mol. The van der Waals surface area contributed by atoms with Gasteiger partial charge in [0, 0.05) is 18.6 Å². The van der Waals surface area contributed by atoms with Crippen molar-refractivity contribution in [3.63, 3.8) is 0 Å². The molecule has 7 heteroatoms. The Bertz CT molecular complexity index is 1080. The standard InChI is InChI=1S/C23H23ClN2O3S/c1-26(30(28,29)22-13-9-20(24)10-14-22)21-11-7-19(8-12-21)17-23(27)25-16-15-18-5-3-2-4-6-18/h2-14H,15-17H2,1H3,(H,25,27). The molecule has 0 aliphatic rings. The minimum Gasteiger partial charge on any atom is -0.355 e. The average molecular weight is 443 g/mol. The van der Waals surface area contributed by atoms with E-state index in [1.165, 1.54) is 29.0 Å². The molecule has 0 saturated carbocycles. The van der Waals surface area contributed by atoms with Crippen LogP contribution in [0.15, 0.2) is 83.8 Å². The van der Waals surface area contributed by atoms with Crippen molar-refractivity contribution in [2.45, 2.75) is 17.7 Å². The fourth-order valence-electron chi connectivity index (χ4n) is 2.97. The fraction of sp³-hybridized carbons (Fsp3) is 0.174. The molecular formula is C23H23ClN2O3S. The number of nitrogens with zero attached hydrogens (tertiary/aromatic N) is 1. The molecule has 3 rings (SSSR count). The summed E-state index contributed by atoms with van der Waals surface area (Å²) >= 11 is 5.84. The van der Waals surface area contributed by atoms with Crippen molar-refractivity contribution in [1.29, 1.82) is 0 Å². The van der Waals surface area contributed by atoms with E-state index in [9.17, 15) is 13.2 Å². The molecule has 0 spiro atoms. The lowest BCUT2D eigenvalue weighted by atomic mass is 10.1. The summed E-state index contributed by atoms with van der Waals surface area (Å²) in [7, 11) is -2.19. The third-order valence-electron chi connectivity index (χ3n) is 4.72. The van der Waals surface area contributed by atoms with Crippen LogP contribution in [-0.4, -0.2) is 27.9 Å². The third kappa shape index (κ3) is 5.62. The molecule has 0 aromatic heterocycles. The zero-order chi connectivity index (χ0) is 21.6. The number of amides is 1. The van der Waals surface area contributed by atoms with Gasteiger partial charge in [-0.05, 0) is 53.9 Å². The Balaban J connectivity index is 1.57. The maximum absolute atomic E-state index is 12.8. The van der Waals surface area contributed by atoms with Gasteiger partial charge in [0.15, 0.2) is 0 Å². The predicted octanol–water partition coefficient (Wildman–Crippen LogP) is 4.07. The fourth-order valence-corrected chi connectivity index (χ4v) is 4.29. The van der Waals surface area contributed by atoms with Crippen LogP contribution in [0.5, 0.6) is 0 Å². The number of benzene rings is 3. The van der Waals surface area contributed by atoms with Gasteiger partial charge in [-0.1, -0.05) is 54.1 Å². The number of halogens is 1. The van der Waals surface area contributed by atoms with Crippen LogP contribution in [0.4, 0.5) is 5.69 Å². The molecule has 3 aromatic rings. The van der Waals surface area contributed by atoms with Crippen molar-refractivity contribution in [1.82, 2.24) is 5.32 Å². The van der Waals surface area contributed by atoms with Gasteiger partial charge in [0.2, 0.25) is 5.91 Å². The van der Waals surface area contributed by atoms with E-state index in [2.05, 4.69) is 5.32 Å². The molecule has 0 unspecified atom stereocenters. The lowest BCUT2D eigenvalue weighted by Crippen LogP contribution is -2.27. The zero-order valence-corrected chi connectivity index (χ0v) is 18.2. The van der Waals surface area contributed by atoms with E-state index >= 15 is 0 Å². The van der Waals surface area contributed by atoms with Crippen molar-refractivity contribution >= 4 is 33.2 Å². The molecule has 0 saturated heterocycles. The van der Waals surface area contributed by atoms with Gasteiger partial charge in [-0.3, -0.25) is 9.10 Å². The van der Waals surface area contributed by atoms with E-state index in [0.717, 1.165) is 12.0 Å². The summed E-state index contributed by atoms with van der Waals surface area (Å²) in [5, 5.41) is 3.39. The van der Waals surface area contributed by atoms with E-state index in [1.807, 2.05) is 30.3 Å². The Kier molecular flexibility index (Phi) is 7.13. The summed E-state index contributed by atoms with van der Waals surface area (Å²) in [6, 6.07) is 22.9. The second-order valence-electron chi connectivity index (χ2n) is 6.86. The normalized spacial score (nSPS) is 11.1. The first kappa shape index (κ1) is 21.9. The maximum Gasteiger partial charge on any atom is 0.264 e. The van der Waals surface area contributed by atoms with E-state index in [1.54, 1.807) is 36.4 Å². The summed E-state index contributed by atoms with van der Waals surface area (Å²) in [6.07, 6.45) is 1.02. The summed E-state index contributed by atoms with van der Waals surface area (Å²) < 4.78 is 26.7. The van der Waals surface area contributed by atoms with Gasteiger partial charge in [0.25, 0.3) is 10.0 Å². The van der Waals surface area contributed by atoms with E-state index in [-0.39, 0.29) is 17.2 Å². The average Bonchev–Trinajstić information content (AvgIpc) is 2.75. The van der Waals surface area contributed by atoms with Gasteiger partial charge in [-0.15, -0.1) is 0 Å². The van der Waals surface area contributed by atoms with Crippen LogP contribution in [0, 0.1) is 0 Å². The minimum absolute atomic E-state index is 0.0687. The second-order valence-corrected chi connectivity index (χ2v) is 9.26. The van der Waals surface area contributed by atoms with Crippen molar-refractivity contribution in [2.75, 3.05) is 17.9 Å². The van der Waals surface area contributed by atoms with E-state index in [0.29, 0.717) is 17.3 Å². The Morgan fingerprint density at radius 3 is 2.17 bits per heavy atom. The Morgan fingerprint density at radius 1 is 0.900 bits per heavy atom. The number of anilines is 1. The van der Waals surface area contributed by atoms with Crippen LogP contribution in [0.3, 0.4) is 0 Å². The summed E-state index contributed by atoms with van der Waals surface area (Å²) in [4.78, 5) is 12.3. The molecular weight excluding hydrogens is 420 g/mol. The number of nitrogens with one attached hydrogen (secondary N) is 1. The molecule has 0 fully saturated rings. The largest absolute Gasteiger partial charge is 0.355 e. The van der Waals surface area contributed by atoms with Crippen LogP contribution >= 0.6 is 11.6 Å². The smallest absolute Gasteiger partial charge is 0.264 e. The lowest BCUT2D eigenvalue weighted by molar-refractivity contribution is -0.120. The Labute approximate surface area is 182 Å². The summed E-state index contributed by atoms with van der Waals surface area (Å²) in [6.45, 7) is 0.572. The molecule has 0 atom stereocenters. The Hall–Kier alpha value is -2.83. The molecule has 0 heterocycles. The number of carbonyl (C=O) groups excluding carboxylic acids is 1. The molecule has 0 radical (unpaired) electrons. The van der Waals surface area contributed by atoms with Crippen LogP contribution in [-0.2, 0) is 27.7 Å². The quantitative estimate of drug-likeness (QED) is 0.572.